The normalized spacial score (nSPS) is 11.0. The standard InChI is InChI=1S/C21H19F3N4O/c1-4-20(29)27-21(28(3)12-14-5-6-16(22)18(24)10-14)26-19-11-15(7-8-25)17(23)9-13(19)2/h4-6,9-11H,1,7,12H2,2-3H3,(H,26,27,29). The molecule has 0 spiro atoms. The van der Waals surface area contributed by atoms with E-state index in [0.29, 0.717) is 16.8 Å². The maximum Gasteiger partial charge on any atom is 0.250 e. The first-order valence-corrected chi connectivity index (χ1v) is 8.58. The Morgan fingerprint density at radius 1 is 1.24 bits per heavy atom. The number of hydrogen-bond donors (Lipinski definition) is 1. The quantitative estimate of drug-likeness (QED) is 0.470. The molecule has 0 aliphatic carbocycles. The van der Waals surface area contributed by atoms with Crippen LogP contribution in [0.2, 0.25) is 0 Å². The average molecular weight is 400 g/mol. The highest BCUT2D eigenvalue weighted by atomic mass is 19.2. The van der Waals surface area contributed by atoms with Gasteiger partial charge in [0.25, 0.3) is 0 Å². The molecule has 1 N–H and O–H groups in total. The minimum atomic E-state index is -0.986. The van der Waals surface area contributed by atoms with Gasteiger partial charge in [-0.15, -0.1) is 0 Å². The van der Waals surface area contributed by atoms with Crippen molar-refractivity contribution in [3.63, 3.8) is 0 Å². The monoisotopic (exact) mass is 400 g/mol. The van der Waals surface area contributed by atoms with Crippen LogP contribution in [0.4, 0.5) is 18.9 Å². The van der Waals surface area contributed by atoms with Gasteiger partial charge in [0.05, 0.1) is 18.2 Å². The zero-order valence-corrected chi connectivity index (χ0v) is 16.0. The van der Waals surface area contributed by atoms with Crippen molar-refractivity contribution in [3.8, 4) is 6.07 Å². The lowest BCUT2D eigenvalue weighted by Crippen LogP contribution is -2.41. The molecule has 0 saturated heterocycles. The summed E-state index contributed by atoms with van der Waals surface area (Å²) in [6.45, 7) is 5.14. The summed E-state index contributed by atoms with van der Waals surface area (Å²) in [5, 5.41) is 11.4. The van der Waals surface area contributed by atoms with Crippen LogP contribution >= 0.6 is 0 Å². The number of rotatable bonds is 5. The minimum Gasteiger partial charge on any atom is -0.341 e. The van der Waals surface area contributed by atoms with Gasteiger partial charge in [-0.25, -0.2) is 18.2 Å². The van der Waals surface area contributed by atoms with Crippen LogP contribution in [0.5, 0.6) is 0 Å². The summed E-state index contributed by atoms with van der Waals surface area (Å²) in [6.07, 6.45) is 0.924. The smallest absolute Gasteiger partial charge is 0.250 e. The lowest BCUT2D eigenvalue weighted by atomic mass is 10.1. The molecule has 0 aromatic heterocycles. The summed E-state index contributed by atoms with van der Waals surface area (Å²) in [5.74, 6) is -2.90. The SMILES string of the molecule is C=CC(=O)NC(=Nc1cc(CC#N)c(F)cc1C)N(C)Cc1ccc(F)c(F)c1. The van der Waals surface area contributed by atoms with Crippen LogP contribution in [0.25, 0.3) is 0 Å². The van der Waals surface area contributed by atoms with Gasteiger partial charge in [0.2, 0.25) is 11.9 Å². The van der Waals surface area contributed by atoms with E-state index in [1.165, 1.54) is 23.1 Å². The molecular weight excluding hydrogens is 381 g/mol. The number of halogens is 3. The molecule has 0 aliphatic heterocycles. The molecule has 0 radical (unpaired) electrons. The summed E-state index contributed by atoms with van der Waals surface area (Å²) in [7, 11) is 1.60. The predicted octanol–water partition coefficient (Wildman–Crippen LogP) is 3.90. The Kier molecular flexibility index (Phi) is 7.15. The van der Waals surface area contributed by atoms with Crippen molar-refractivity contribution in [2.45, 2.75) is 19.9 Å². The van der Waals surface area contributed by atoms with Crippen LogP contribution in [0.1, 0.15) is 16.7 Å². The van der Waals surface area contributed by atoms with E-state index < -0.39 is 23.4 Å². The Morgan fingerprint density at radius 2 is 1.97 bits per heavy atom. The van der Waals surface area contributed by atoms with Gasteiger partial charge in [0, 0.05) is 19.2 Å². The summed E-state index contributed by atoms with van der Waals surface area (Å²) in [6, 6.07) is 8.04. The molecule has 2 aromatic carbocycles. The Balaban J connectivity index is 2.42. The molecule has 0 saturated carbocycles. The second kappa shape index (κ2) is 9.55. The third-order valence-electron chi connectivity index (χ3n) is 4.05. The van der Waals surface area contributed by atoms with Crippen molar-refractivity contribution in [3.05, 3.63) is 77.1 Å². The molecule has 0 fully saturated rings. The van der Waals surface area contributed by atoms with Crippen LogP contribution in [0.3, 0.4) is 0 Å². The molecule has 29 heavy (non-hydrogen) atoms. The molecule has 2 rings (SSSR count). The topological polar surface area (TPSA) is 68.5 Å². The summed E-state index contributed by atoms with van der Waals surface area (Å²) >= 11 is 0. The number of carbonyl (C=O) groups excluding carboxylic acids is 1. The van der Waals surface area contributed by atoms with E-state index in [-0.39, 0.29) is 24.5 Å². The summed E-state index contributed by atoms with van der Waals surface area (Å²) in [4.78, 5) is 17.7. The van der Waals surface area contributed by atoms with Crippen molar-refractivity contribution in [1.29, 1.82) is 5.26 Å². The summed E-state index contributed by atoms with van der Waals surface area (Å²) < 4.78 is 40.6. The van der Waals surface area contributed by atoms with Crippen molar-refractivity contribution < 1.29 is 18.0 Å². The van der Waals surface area contributed by atoms with Gasteiger partial charge >= 0.3 is 0 Å². The van der Waals surface area contributed by atoms with E-state index in [2.05, 4.69) is 16.9 Å². The van der Waals surface area contributed by atoms with Crippen molar-refractivity contribution in [1.82, 2.24) is 10.2 Å². The van der Waals surface area contributed by atoms with Gasteiger partial charge in [-0.1, -0.05) is 12.6 Å². The number of nitrogens with zero attached hydrogens (tertiary/aromatic N) is 3. The van der Waals surface area contributed by atoms with Crippen LogP contribution in [-0.4, -0.2) is 23.8 Å². The van der Waals surface area contributed by atoms with Gasteiger partial charge in [0.15, 0.2) is 11.6 Å². The molecule has 0 aliphatic rings. The number of aliphatic imine (C=N–C) groups is 1. The van der Waals surface area contributed by atoms with Crippen LogP contribution in [0, 0.1) is 35.7 Å². The van der Waals surface area contributed by atoms with Gasteiger partial charge in [-0.3, -0.25) is 10.1 Å². The average Bonchev–Trinajstić information content (AvgIpc) is 2.67. The van der Waals surface area contributed by atoms with E-state index >= 15 is 0 Å². The zero-order valence-electron chi connectivity index (χ0n) is 16.0. The van der Waals surface area contributed by atoms with Crippen LogP contribution in [0.15, 0.2) is 48.0 Å². The zero-order chi connectivity index (χ0) is 21.6. The number of benzene rings is 2. The number of nitrogens with one attached hydrogen (secondary N) is 1. The van der Waals surface area contributed by atoms with Gasteiger partial charge < -0.3 is 4.90 Å². The maximum atomic E-state index is 14.0. The third-order valence-corrected chi connectivity index (χ3v) is 4.05. The Morgan fingerprint density at radius 3 is 2.59 bits per heavy atom. The number of carbonyl (C=O) groups is 1. The first-order valence-electron chi connectivity index (χ1n) is 8.58. The molecule has 5 nitrogen and oxygen atoms in total. The van der Waals surface area contributed by atoms with E-state index in [0.717, 1.165) is 18.2 Å². The number of hydrogen-bond acceptors (Lipinski definition) is 3. The van der Waals surface area contributed by atoms with Crippen molar-refractivity contribution >= 4 is 17.6 Å². The molecule has 0 unspecified atom stereocenters. The summed E-state index contributed by atoms with van der Waals surface area (Å²) in [5.41, 5.74) is 1.48. The van der Waals surface area contributed by atoms with Crippen molar-refractivity contribution in [2.24, 2.45) is 4.99 Å². The van der Waals surface area contributed by atoms with Gasteiger partial charge in [0.1, 0.15) is 5.82 Å². The molecular formula is C21H19F3N4O. The molecule has 0 heterocycles. The van der Waals surface area contributed by atoms with E-state index in [4.69, 9.17) is 5.26 Å². The van der Waals surface area contributed by atoms with Gasteiger partial charge in [-0.2, -0.15) is 5.26 Å². The third kappa shape index (κ3) is 5.69. The fourth-order valence-corrected chi connectivity index (χ4v) is 2.52. The predicted molar refractivity (Wildman–Crippen MR) is 104 cm³/mol. The Labute approximate surface area is 166 Å². The molecule has 0 bridgehead atoms. The molecule has 150 valence electrons. The van der Waals surface area contributed by atoms with E-state index in [1.54, 1.807) is 14.0 Å². The number of amides is 1. The molecule has 2 aromatic rings. The van der Waals surface area contributed by atoms with Crippen LogP contribution < -0.4 is 5.32 Å². The Hall–Kier alpha value is -3.60. The maximum absolute atomic E-state index is 14.0. The minimum absolute atomic E-state index is 0.0947. The number of aryl methyl sites for hydroxylation is 1. The second-order valence-electron chi connectivity index (χ2n) is 6.30. The van der Waals surface area contributed by atoms with Gasteiger partial charge in [-0.05, 0) is 48.4 Å². The largest absolute Gasteiger partial charge is 0.341 e. The lowest BCUT2D eigenvalue weighted by Gasteiger charge is -2.22. The number of guanidine groups is 1. The molecule has 8 heteroatoms. The fraction of sp³-hybridized carbons (Fsp3) is 0.190. The number of nitriles is 1. The van der Waals surface area contributed by atoms with Crippen LogP contribution in [-0.2, 0) is 17.8 Å². The van der Waals surface area contributed by atoms with E-state index in [1.807, 2.05) is 6.07 Å². The highest BCUT2D eigenvalue weighted by Gasteiger charge is 2.14. The van der Waals surface area contributed by atoms with E-state index in [9.17, 15) is 18.0 Å². The second-order valence-corrected chi connectivity index (χ2v) is 6.30. The highest BCUT2D eigenvalue weighted by Crippen LogP contribution is 2.24. The molecule has 0 atom stereocenters. The highest BCUT2D eigenvalue weighted by molar-refractivity contribution is 6.02. The fourth-order valence-electron chi connectivity index (χ4n) is 2.52. The molecule has 1 amide bonds. The lowest BCUT2D eigenvalue weighted by molar-refractivity contribution is -0.115. The Bertz CT molecular complexity index is 1010. The van der Waals surface area contributed by atoms with Crippen molar-refractivity contribution in [2.75, 3.05) is 7.05 Å². The first-order chi connectivity index (χ1) is 13.7. The first kappa shape index (κ1) is 21.7.